The summed E-state index contributed by atoms with van der Waals surface area (Å²) in [5.74, 6) is -1.33. The Hall–Kier alpha value is -1.61. The minimum absolute atomic E-state index is 0.267. The summed E-state index contributed by atoms with van der Waals surface area (Å²) >= 11 is 0. The van der Waals surface area contributed by atoms with E-state index >= 15 is 0 Å². The molecular formula is C11H12F3NO4S. The van der Waals surface area contributed by atoms with Gasteiger partial charge in [0.25, 0.3) is 0 Å². The molecule has 0 saturated carbocycles. The fourth-order valence-corrected chi connectivity index (χ4v) is 2.81. The van der Waals surface area contributed by atoms with Crippen molar-refractivity contribution < 1.29 is 31.5 Å². The van der Waals surface area contributed by atoms with E-state index in [1.54, 1.807) is 0 Å². The van der Waals surface area contributed by atoms with E-state index in [2.05, 4.69) is 0 Å². The number of nitrogens with one attached hydrogen (secondary N) is 1. The Morgan fingerprint density at radius 3 is 2.50 bits per heavy atom. The van der Waals surface area contributed by atoms with Crippen LogP contribution in [0.4, 0.5) is 13.2 Å². The number of aromatic carboxylic acids is 1. The van der Waals surface area contributed by atoms with Crippen LogP contribution in [-0.2, 0) is 10.0 Å². The maximum atomic E-state index is 12.1. The predicted octanol–water partition coefficient (Wildman–Crippen LogP) is 2.00. The zero-order valence-electron chi connectivity index (χ0n) is 10.3. The SMILES string of the molecule is CC(CC(F)(F)F)NS(=O)(=O)c1cccc(C(=O)O)c1. The summed E-state index contributed by atoms with van der Waals surface area (Å²) in [6.45, 7) is 1.08. The molecule has 0 aliphatic rings. The van der Waals surface area contributed by atoms with Crippen molar-refractivity contribution in [1.82, 2.24) is 4.72 Å². The van der Waals surface area contributed by atoms with E-state index in [1.807, 2.05) is 4.72 Å². The van der Waals surface area contributed by atoms with Crippen molar-refractivity contribution in [3.8, 4) is 0 Å². The molecule has 0 radical (unpaired) electrons. The molecular weight excluding hydrogens is 299 g/mol. The van der Waals surface area contributed by atoms with Crippen molar-refractivity contribution >= 4 is 16.0 Å². The van der Waals surface area contributed by atoms with Crippen molar-refractivity contribution in [2.75, 3.05) is 0 Å². The van der Waals surface area contributed by atoms with Crippen molar-refractivity contribution in [2.24, 2.45) is 0 Å². The Balaban J connectivity index is 2.94. The molecule has 0 spiro atoms. The number of alkyl halides is 3. The Bertz CT molecular complexity index is 598. The summed E-state index contributed by atoms with van der Waals surface area (Å²) in [6, 6.07) is 3.01. The first-order valence-electron chi connectivity index (χ1n) is 5.44. The molecule has 1 aromatic carbocycles. The summed E-state index contributed by atoms with van der Waals surface area (Å²) < 4.78 is 61.9. The Morgan fingerprint density at radius 2 is 2.00 bits per heavy atom. The molecule has 0 bridgehead atoms. The summed E-state index contributed by atoms with van der Waals surface area (Å²) in [6.07, 6.45) is -5.81. The lowest BCUT2D eigenvalue weighted by Crippen LogP contribution is -2.36. The highest BCUT2D eigenvalue weighted by molar-refractivity contribution is 7.89. The fourth-order valence-electron chi connectivity index (χ4n) is 1.52. The lowest BCUT2D eigenvalue weighted by Gasteiger charge is -2.16. The molecule has 0 saturated heterocycles. The normalized spacial score (nSPS) is 14.0. The van der Waals surface area contributed by atoms with Gasteiger partial charge in [0, 0.05) is 6.04 Å². The van der Waals surface area contributed by atoms with Gasteiger partial charge in [0.1, 0.15) is 0 Å². The van der Waals surface area contributed by atoms with E-state index in [9.17, 15) is 26.4 Å². The molecule has 0 fully saturated rings. The number of halogens is 3. The Morgan fingerprint density at radius 1 is 1.40 bits per heavy atom. The van der Waals surface area contributed by atoms with Crippen LogP contribution in [0.2, 0.25) is 0 Å². The minimum atomic E-state index is -4.50. The molecule has 0 aliphatic carbocycles. The molecule has 0 amide bonds. The number of hydrogen-bond donors (Lipinski definition) is 2. The lowest BCUT2D eigenvalue weighted by molar-refractivity contribution is -0.137. The highest BCUT2D eigenvalue weighted by atomic mass is 32.2. The molecule has 1 atom stereocenters. The summed E-state index contributed by atoms with van der Waals surface area (Å²) in [4.78, 5) is 10.3. The second kappa shape index (κ2) is 5.80. The van der Waals surface area contributed by atoms with E-state index in [1.165, 1.54) is 12.1 Å². The van der Waals surface area contributed by atoms with E-state index in [-0.39, 0.29) is 5.56 Å². The summed E-state index contributed by atoms with van der Waals surface area (Å²) in [5, 5.41) is 8.75. The molecule has 1 unspecified atom stereocenters. The van der Waals surface area contributed by atoms with Crippen LogP contribution in [0.5, 0.6) is 0 Å². The quantitative estimate of drug-likeness (QED) is 0.871. The lowest BCUT2D eigenvalue weighted by atomic mass is 10.2. The number of rotatable bonds is 5. The molecule has 0 heterocycles. The van der Waals surface area contributed by atoms with Crippen LogP contribution in [0.15, 0.2) is 29.2 Å². The number of hydrogen-bond acceptors (Lipinski definition) is 3. The monoisotopic (exact) mass is 311 g/mol. The fraction of sp³-hybridized carbons (Fsp3) is 0.364. The average molecular weight is 311 g/mol. The largest absolute Gasteiger partial charge is 0.478 e. The van der Waals surface area contributed by atoms with Gasteiger partial charge in [0.05, 0.1) is 16.9 Å². The van der Waals surface area contributed by atoms with Crippen LogP contribution in [0.3, 0.4) is 0 Å². The second-order valence-electron chi connectivity index (χ2n) is 4.17. The van der Waals surface area contributed by atoms with Crippen LogP contribution < -0.4 is 4.72 Å². The van der Waals surface area contributed by atoms with E-state index in [0.29, 0.717) is 0 Å². The third-order valence-electron chi connectivity index (χ3n) is 2.29. The maximum absolute atomic E-state index is 12.1. The maximum Gasteiger partial charge on any atom is 0.390 e. The molecule has 0 aromatic heterocycles. The standard InChI is InChI=1S/C11H12F3NO4S/c1-7(6-11(12,13)14)15-20(18,19)9-4-2-3-8(5-9)10(16)17/h2-5,7,15H,6H2,1H3,(H,16,17). The van der Waals surface area contributed by atoms with Crippen molar-refractivity contribution in [3.05, 3.63) is 29.8 Å². The van der Waals surface area contributed by atoms with Crippen LogP contribution in [0.1, 0.15) is 23.7 Å². The zero-order chi connectivity index (χ0) is 15.6. The Kier molecular flexibility index (Phi) is 4.77. The first-order chi connectivity index (χ1) is 9.01. The van der Waals surface area contributed by atoms with Crippen molar-refractivity contribution in [2.45, 2.75) is 30.5 Å². The third kappa shape index (κ3) is 4.82. The number of carboxylic acids is 1. The molecule has 9 heteroatoms. The van der Waals surface area contributed by atoms with Gasteiger partial charge in [-0.25, -0.2) is 17.9 Å². The first kappa shape index (κ1) is 16.4. The third-order valence-corrected chi connectivity index (χ3v) is 3.87. The molecule has 20 heavy (non-hydrogen) atoms. The van der Waals surface area contributed by atoms with Crippen molar-refractivity contribution in [1.29, 1.82) is 0 Å². The van der Waals surface area contributed by atoms with Gasteiger partial charge in [-0.05, 0) is 25.1 Å². The van der Waals surface area contributed by atoms with Gasteiger partial charge in [0.2, 0.25) is 10.0 Å². The molecule has 112 valence electrons. The second-order valence-corrected chi connectivity index (χ2v) is 5.89. The molecule has 1 aromatic rings. The van der Waals surface area contributed by atoms with Crippen LogP contribution in [0.25, 0.3) is 0 Å². The molecule has 5 nitrogen and oxygen atoms in total. The highest BCUT2D eigenvalue weighted by Crippen LogP contribution is 2.22. The van der Waals surface area contributed by atoms with Crippen LogP contribution in [0, 0.1) is 0 Å². The molecule has 1 rings (SSSR count). The van der Waals surface area contributed by atoms with Gasteiger partial charge in [-0.1, -0.05) is 6.07 Å². The van der Waals surface area contributed by atoms with Crippen LogP contribution >= 0.6 is 0 Å². The van der Waals surface area contributed by atoms with Gasteiger partial charge in [-0.15, -0.1) is 0 Å². The average Bonchev–Trinajstić information content (AvgIpc) is 2.25. The van der Waals surface area contributed by atoms with Gasteiger partial charge in [-0.3, -0.25) is 0 Å². The minimum Gasteiger partial charge on any atom is -0.478 e. The van der Waals surface area contributed by atoms with Gasteiger partial charge >= 0.3 is 12.1 Å². The predicted molar refractivity (Wildman–Crippen MR) is 63.9 cm³/mol. The molecule has 0 aliphatic heterocycles. The summed E-state index contributed by atoms with van der Waals surface area (Å²) in [5.41, 5.74) is -0.267. The number of carbonyl (C=O) groups is 1. The highest BCUT2D eigenvalue weighted by Gasteiger charge is 2.32. The van der Waals surface area contributed by atoms with E-state index in [0.717, 1.165) is 19.1 Å². The van der Waals surface area contributed by atoms with Gasteiger partial charge in [0.15, 0.2) is 0 Å². The Labute approximate surface area is 113 Å². The van der Waals surface area contributed by atoms with Gasteiger partial charge in [-0.2, -0.15) is 13.2 Å². The van der Waals surface area contributed by atoms with E-state index in [4.69, 9.17) is 5.11 Å². The first-order valence-corrected chi connectivity index (χ1v) is 6.92. The number of sulfonamides is 1. The summed E-state index contributed by atoms with van der Waals surface area (Å²) in [7, 11) is -4.20. The topological polar surface area (TPSA) is 83.5 Å². The van der Waals surface area contributed by atoms with Crippen LogP contribution in [-0.4, -0.2) is 31.7 Å². The number of carboxylic acid groups (broad SMARTS) is 1. The van der Waals surface area contributed by atoms with Crippen molar-refractivity contribution in [3.63, 3.8) is 0 Å². The van der Waals surface area contributed by atoms with E-state index < -0.39 is 39.5 Å². The van der Waals surface area contributed by atoms with Gasteiger partial charge < -0.3 is 5.11 Å². The zero-order valence-corrected chi connectivity index (χ0v) is 11.1. The number of benzene rings is 1. The molecule has 2 N–H and O–H groups in total. The smallest absolute Gasteiger partial charge is 0.390 e.